The van der Waals surface area contributed by atoms with E-state index in [2.05, 4.69) is 22.7 Å². The monoisotopic (exact) mass is 528 g/mol. The van der Waals surface area contributed by atoms with Crippen molar-refractivity contribution in [2.24, 2.45) is 5.10 Å². The summed E-state index contributed by atoms with van der Waals surface area (Å²) in [5, 5.41) is 4.77. The van der Waals surface area contributed by atoms with E-state index in [1.54, 1.807) is 30.5 Å². The van der Waals surface area contributed by atoms with Crippen LogP contribution in [0.1, 0.15) is 39.5 Å². The SMILES string of the molecule is CCOc1cc(/C=N/NC(=O)c2ccc(OCc3ccc(C)cc3)cc2)ccc1OCc1ccc(Cl)cc1. The molecule has 1 N–H and O–H groups in total. The van der Waals surface area contributed by atoms with Crippen LogP contribution in [0.25, 0.3) is 0 Å². The number of amides is 1. The first-order valence-corrected chi connectivity index (χ1v) is 12.6. The van der Waals surface area contributed by atoms with Crippen molar-refractivity contribution in [2.45, 2.75) is 27.1 Å². The zero-order valence-electron chi connectivity index (χ0n) is 21.3. The Morgan fingerprint density at radius 3 is 2.16 bits per heavy atom. The van der Waals surface area contributed by atoms with Crippen LogP contribution in [-0.2, 0) is 13.2 Å². The van der Waals surface area contributed by atoms with Crippen LogP contribution in [0.15, 0.2) is 96.1 Å². The van der Waals surface area contributed by atoms with E-state index in [0.29, 0.717) is 47.7 Å². The highest BCUT2D eigenvalue weighted by atomic mass is 35.5. The lowest BCUT2D eigenvalue weighted by Crippen LogP contribution is -2.17. The molecule has 0 unspecified atom stereocenters. The zero-order valence-corrected chi connectivity index (χ0v) is 22.1. The molecule has 0 radical (unpaired) electrons. The molecule has 4 aromatic rings. The van der Waals surface area contributed by atoms with Crippen molar-refractivity contribution in [1.82, 2.24) is 5.43 Å². The highest BCUT2D eigenvalue weighted by molar-refractivity contribution is 6.30. The van der Waals surface area contributed by atoms with Gasteiger partial charge in [-0.1, -0.05) is 53.6 Å². The molecular weight excluding hydrogens is 500 g/mol. The lowest BCUT2D eigenvalue weighted by Gasteiger charge is -2.12. The predicted octanol–water partition coefficient (Wildman–Crippen LogP) is 6.97. The first-order chi connectivity index (χ1) is 18.5. The number of hydrogen-bond donors (Lipinski definition) is 1. The second-order valence-electron chi connectivity index (χ2n) is 8.55. The number of ether oxygens (including phenoxy) is 3. The minimum atomic E-state index is -0.320. The molecule has 7 heteroatoms. The van der Waals surface area contributed by atoms with Crippen molar-refractivity contribution in [3.05, 3.63) is 124 Å². The number of carbonyl (C=O) groups is 1. The lowest BCUT2D eigenvalue weighted by atomic mass is 10.2. The molecule has 0 aliphatic heterocycles. The largest absolute Gasteiger partial charge is 0.490 e. The number of nitrogens with one attached hydrogen (secondary N) is 1. The summed E-state index contributed by atoms with van der Waals surface area (Å²) in [4.78, 5) is 12.5. The number of aryl methyl sites for hydroxylation is 1. The third-order valence-electron chi connectivity index (χ3n) is 5.60. The fourth-order valence-electron chi connectivity index (χ4n) is 3.52. The van der Waals surface area contributed by atoms with E-state index in [9.17, 15) is 4.79 Å². The fourth-order valence-corrected chi connectivity index (χ4v) is 3.64. The maximum absolute atomic E-state index is 12.5. The summed E-state index contributed by atoms with van der Waals surface area (Å²) in [5.74, 6) is 1.58. The summed E-state index contributed by atoms with van der Waals surface area (Å²) in [5.41, 5.74) is 7.07. The van der Waals surface area contributed by atoms with E-state index in [1.165, 1.54) is 5.56 Å². The Labute approximate surface area is 227 Å². The fraction of sp³-hybridized carbons (Fsp3) is 0.161. The number of halogens is 1. The van der Waals surface area contributed by atoms with Gasteiger partial charge >= 0.3 is 0 Å². The van der Waals surface area contributed by atoms with E-state index in [1.807, 2.05) is 68.4 Å². The molecule has 6 nitrogen and oxygen atoms in total. The van der Waals surface area contributed by atoms with E-state index >= 15 is 0 Å². The number of rotatable bonds is 11. The molecule has 0 heterocycles. The maximum atomic E-state index is 12.5. The molecule has 0 aromatic heterocycles. The highest BCUT2D eigenvalue weighted by Gasteiger charge is 2.08. The average molecular weight is 529 g/mol. The molecule has 0 spiro atoms. The summed E-state index contributed by atoms with van der Waals surface area (Å²) < 4.78 is 17.5. The van der Waals surface area contributed by atoms with Crippen molar-refractivity contribution in [2.75, 3.05) is 6.61 Å². The lowest BCUT2D eigenvalue weighted by molar-refractivity contribution is 0.0955. The molecule has 0 saturated heterocycles. The zero-order chi connectivity index (χ0) is 26.7. The Bertz CT molecular complexity index is 1370. The normalized spacial score (nSPS) is 10.8. The van der Waals surface area contributed by atoms with Crippen molar-refractivity contribution in [3.8, 4) is 17.2 Å². The van der Waals surface area contributed by atoms with E-state index in [4.69, 9.17) is 25.8 Å². The first-order valence-electron chi connectivity index (χ1n) is 12.3. The van der Waals surface area contributed by atoms with Gasteiger partial charge in [0.05, 0.1) is 12.8 Å². The molecule has 0 atom stereocenters. The van der Waals surface area contributed by atoms with Gasteiger partial charge in [0.25, 0.3) is 5.91 Å². The number of hydrogen-bond acceptors (Lipinski definition) is 5. The molecule has 0 aliphatic carbocycles. The summed E-state index contributed by atoms with van der Waals surface area (Å²) in [6.45, 7) is 5.29. The summed E-state index contributed by atoms with van der Waals surface area (Å²) in [6.07, 6.45) is 1.56. The van der Waals surface area contributed by atoms with Crippen LogP contribution in [0.4, 0.5) is 0 Å². The van der Waals surface area contributed by atoms with Crippen LogP contribution >= 0.6 is 11.6 Å². The maximum Gasteiger partial charge on any atom is 0.271 e. The average Bonchev–Trinajstić information content (AvgIpc) is 2.93. The number of nitrogens with zero attached hydrogens (tertiary/aromatic N) is 1. The van der Waals surface area contributed by atoms with Gasteiger partial charge in [0, 0.05) is 10.6 Å². The van der Waals surface area contributed by atoms with Crippen molar-refractivity contribution in [3.63, 3.8) is 0 Å². The van der Waals surface area contributed by atoms with Gasteiger partial charge in [0.2, 0.25) is 0 Å². The predicted molar refractivity (Wildman–Crippen MR) is 150 cm³/mol. The first kappa shape index (κ1) is 26.8. The third-order valence-corrected chi connectivity index (χ3v) is 5.85. The molecule has 4 rings (SSSR count). The Kier molecular flexibility index (Phi) is 9.37. The minimum Gasteiger partial charge on any atom is -0.490 e. The number of benzene rings is 4. The van der Waals surface area contributed by atoms with Crippen LogP contribution in [0.5, 0.6) is 17.2 Å². The molecular formula is C31H29ClN2O4. The van der Waals surface area contributed by atoms with E-state index in [0.717, 1.165) is 16.7 Å². The molecule has 1 amide bonds. The Morgan fingerprint density at radius 1 is 0.816 bits per heavy atom. The molecule has 0 saturated carbocycles. The van der Waals surface area contributed by atoms with Gasteiger partial charge in [-0.3, -0.25) is 4.79 Å². The van der Waals surface area contributed by atoms with Gasteiger partial charge in [-0.15, -0.1) is 0 Å². The topological polar surface area (TPSA) is 69.2 Å². The highest BCUT2D eigenvalue weighted by Crippen LogP contribution is 2.29. The van der Waals surface area contributed by atoms with E-state index < -0.39 is 0 Å². The minimum absolute atomic E-state index is 0.320. The molecule has 38 heavy (non-hydrogen) atoms. The Morgan fingerprint density at radius 2 is 1.47 bits per heavy atom. The standard InChI is InChI=1S/C31H29ClN2O4/c1-3-36-30-18-25(10-17-29(30)38-21-24-8-13-27(32)14-9-24)19-33-34-31(35)26-11-15-28(16-12-26)37-20-23-6-4-22(2)5-7-23/h4-19H,3,20-21H2,1-2H3,(H,34,35)/b33-19+. The van der Waals surface area contributed by atoms with Crippen molar-refractivity contribution < 1.29 is 19.0 Å². The van der Waals surface area contributed by atoms with Gasteiger partial charge in [0.15, 0.2) is 11.5 Å². The third kappa shape index (κ3) is 7.85. The second kappa shape index (κ2) is 13.3. The molecule has 0 aliphatic rings. The molecule has 4 aromatic carbocycles. The van der Waals surface area contributed by atoms with Gasteiger partial charge in [-0.25, -0.2) is 5.43 Å². The summed E-state index contributed by atoms with van der Waals surface area (Å²) in [6, 6.07) is 28.1. The quantitative estimate of drug-likeness (QED) is 0.168. The van der Waals surface area contributed by atoms with Crippen LogP contribution < -0.4 is 19.6 Å². The van der Waals surface area contributed by atoms with Gasteiger partial charge in [-0.05, 0) is 85.1 Å². The number of carbonyl (C=O) groups excluding carboxylic acids is 1. The smallest absolute Gasteiger partial charge is 0.271 e. The van der Waals surface area contributed by atoms with Gasteiger partial charge < -0.3 is 14.2 Å². The van der Waals surface area contributed by atoms with Crippen LogP contribution in [-0.4, -0.2) is 18.7 Å². The molecule has 0 bridgehead atoms. The Hall–Kier alpha value is -4.29. The van der Waals surface area contributed by atoms with Crippen molar-refractivity contribution >= 4 is 23.7 Å². The van der Waals surface area contributed by atoms with Crippen LogP contribution in [0.2, 0.25) is 5.02 Å². The second-order valence-corrected chi connectivity index (χ2v) is 8.99. The molecule has 194 valence electrons. The summed E-state index contributed by atoms with van der Waals surface area (Å²) in [7, 11) is 0. The van der Waals surface area contributed by atoms with E-state index in [-0.39, 0.29) is 5.91 Å². The van der Waals surface area contributed by atoms with Gasteiger partial charge in [0.1, 0.15) is 19.0 Å². The van der Waals surface area contributed by atoms with Crippen molar-refractivity contribution in [1.29, 1.82) is 0 Å². The van der Waals surface area contributed by atoms with Gasteiger partial charge in [-0.2, -0.15) is 5.10 Å². The van der Waals surface area contributed by atoms with Crippen LogP contribution in [0.3, 0.4) is 0 Å². The number of hydrazone groups is 1. The van der Waals surface area contributed by atoms with Crippen LogP contribution in [0, 0.1) is 6.92 Å². The molecule has 0 fully saturated rings. The summed E-state index contributed by atoms with van der Waals surface area (Å²) >= 11 is 5.95. The Balaban J connectivity index is 1.31.